The number of hydrogen-bond acceptors (Lipinski definition) is 9. The third kappa shape index (κ3) is 8.10. The first-order chi connectivity index (χ1) is 23.3. The number of halogens is 1. The standard InChI is InChI=1S/C39H58ClN3O7/c1-13-37(8,14-2)43(11)26(6)36(45)49-32-21-33(44)42(10)29-20-28(19-24(4)34(29)40)18-23(3)16-15-17-31(47-12)39(46)22-30(48-27(7)41-39)25(5)35-38(32,9)50-35/h15-17,19-20,25-26,30-32,35,41,46H,7,13-14,18,21-22H2,1-6,8-12H3/b17-15+,23-16+/t25-,26+,30+,31-,32+,35+,38+,39+/m1/s1. The highest BCUT2D eigenvalue weighted by Crippen LogP contribution is 2.49. The SMILES string of the molecule is C=C1N[C@]2(O)C[C@H](O1)[C@@H](C)[C@@H]1O[C@@]1(C)[C@@H](OC(=O)[C@H](C)N(C)C(C)(CC)CC)CC(=O)N(C)c1cc(cc(C)c1Cl)C/C(C)=C/C=C/[C@H]2OC. The van der Waals surface area contributed by atoms with Crippen LogP contribution in [0.5, 0.6) is 0 Å². The smallest absolute Gasteiger partial charge is 0.323 e. The minimum Gasteiger partial charge on any atom is -0.476 e. The number of anilines is 1. The normalized spacial score (nSPS) is 33.0. The van der Waals surface area contributed by atoms with Gasteiger partial charge in [-0.15, -0.1) is 0 Å². The second-order valence-electron chi connectivity index (χ2n) is 15.0. The predicted molar refractivity (Wildman–Crippen MR) is 197 cm³/mol. The number of amides is 1. The summed E-state index contributed by atoms with van der Waals surface area (Å²) in [4.78, 5) is 31.6. The molecule has 3 aliphatic heterocycles. The van der Waals surface area contributed by atoms with Crippen molar-refractivity contribution in [3.8, 4) is 0 Å². The van der Waals surface area contributed by atoms with Gasteiger partial charge >= 0.3 is 5.97 Å². The van der Waals surface area contributed by atoms with Crippen molar-refractivity contribution in [1.29, 1.82) is 0 Å². The molecule has 3 heterocycles. The number of methoxy groups -OCH3 is 1. The molecule has 10 nitrogen and oxygen atoms in total. The Morgan fingerprint density at radius 1 is 1.30 bits per heavy atom. The molecule has 278 valence electrons. The first-order valence-corrected chi connectivity index (χ1v) is 18.1. The number of nitrogens with zero attached hydrogens (tertiary/aromatic N) is 2. The topological polar surface area (TPSA) is 113 Å². The number of allylic oxidation sites excluding steroid dienone is 3. The summed E-state index contributed by atoms with van der Waals surface area (Å²) in [7, 11) is 5.18. The van der Waals surface area contributed by atoms with Gasteiger partial charge in [-0.1, -0.05) is 62.2 Å². The minimum absolute atomic E-state index is 0.130. The fourth-order valence-electron chi connectivity index (χ4n) is 7.37. The van der Waals surface area contributed by atoms with Crippen LogP contribution in [0, 0.1) is 12.8 Å². The molecule has 2 saturated heterocycles. The molecule has 0 aliphatic carbocycles. The lowest BCUT2D eigenvalue weighted by Crippen LogP contribution is -2.60. The fourth-order valence-corrected chi connectivity index (χ4v) is 7.60. The van der Waals surface area contributed by atoms with Gasteiger partial charge in [-0.05, 0) is 84.7 Å². The Balaban J connectivity index is 1.77. The summed E-state index contributed by atoms with van der Waals surface area (Å²) in [5.74, 6) is -0.780. The molecule has 1 aromatic rings. The lowest BCUT2D eigenvalue weighted by atomic mass is 9.83. The highest BCUT2D eigenvalue weighted by molar-refractivity contribution is 6.34. The zero-order valence-electron chi connectivity index (χ0n) is 31.8. The summed E-state index contributed by atoms with van der Waals surface area (Å²) < 4.78 is 24.6. The summed E-state index contributed by atoms with van der Waals surface area (Å²) in [5.41, 5.74) is 0.709. The molecule has 4 rings (SSSR count). The van der Waals surface area contributed by atoms with Gasteiger partial charge in [0.2, 0.25) is 5.91 Å². The van der Waals surface area contributed by atoms with Crippen LogP contribution in [0.15, 0.2) is 48.4 Å². The van der Waals surface area contributed by atoms with Crippen molar-refractivity contribution in [2.45, 2.75) is 135 Å². The van der Waals surface area contributed by atoms with Crippen molar-refractivity contribution < 1.29 is 33.6 Å². The van der Waals surface area contributed by atoms with Crippen molar-refractivity contribution in [2.24, 2.45) is 5.92 Å². The van der Waals surface area contributed by atoms with E-state index in [4.69, 9.17) is 30.5 Å². The van der Waals surface area contributed by atoms with E-state index in [0.29, 0.717) is 17.1 Å². The number of ether oxygens (including phenoxy) is 4. The molecule has 3 aliphatic rings. The number of rotatable bonds is 7. The number of aryl methyl sites for hydroxylation is 1. The van der Waals surface area contributed by atoms with Gasteiger partial charge in [-0.3, -0.25) is 14.5 Å². The van der Waals surface area contributed by atoms with E-state index in [-0.39, 0.29) is 36.1 Å². The first kappa shape index (κ1) is 39.9. The molecular formula is C39H58ClN3O7. The average Bonchev–Trinajstić information content (AvgIpc) is 3.77. The number of hydrogen-bond donors (Lipinski definition) is 2. The molecule has 1 amide bonds. The van der Waals surface area contributed by atoms with Crippen LogP contribution in [0.3, 0.4) is 0 Å². The van der Waals surface area contributed by atoms with Crippen LogP contribution in [0.2, 0.25) is 5.02 Å². The van der Waals surface area contributed by atoms with Gasteiger partial charge in [0.1, 0.15) is 30.0 Å². The molecule has 0 spiro atoms. The van der Waals surface area contributed by atoms with Gasteiger partial charge in [0.05, 0.1) is 23.2 Å². The van der Waals surface area contributed by atoms with Gasteiger partial charge < -0.3 is 34.3 Å². The number of aliphatic hydroxyl groups is 1. The summed E-state index contributed by atoms with van der Waals surface area (Å²) in [6, 6.07) is 3.37. The van der Waals surface area contributed by atoms with Crippen molar-refractivity contribution in [3.05, 3.63) is 64.5 Å². The van der Waals surface area contributed by atoms with Crippen LogP contribution in [-0.2, 0) is 35.0 Å². The van der Waals surface area contributed by atoms with Crippen LogP contribution >= 0.6 is 11.6 Å². The molecular weight excluding hydrogens is 658 g/mol. The van der Waals surface area contributed by atoms with E-state index in [9.17, 15) is 14.7 Å². The molecule has 2 fully saturated rings. The highest BCUT2D eigenvalue weighted by Gasteiger charge is 2.64. The quantitative estimate of drug-likeness (QED) is 0.251. The third-order valence-electron chi connectivity index (χ3n) is 11.6. The number of esters is 1. The monoisotopic (exact) mass is 715 g/mol. The Bertz CT molecular complexity index is 1510. The van der Waals surface area contributed by atoms with Crippen molar-refractivity contribution in [2.75, 3.05) is 26.1 Å². The number of likely N-dealkylation sites (N-methyl/N-ethyl adjacent to an activating group) is 1. The molecule has 0 unspecified atom stereocenters. The van der Waals surface area contributed by atoms with Gasteiger partial charge in [0, 0.05) is 32.0 Å². The summed E-state index contributed by atoms with van der Waals surface area (Å²) >= 11 is 6.81. The first-order valence-electron chi connectivity index (χ1n) is 17.7. The summed E-state index contributed by atoms with van der Waals surface area (Å²) in [6.45, 7) is 19.9. The van der Waals surface area contributed by atoms with Crippen molar-refractivity contribution >= 4 is 29.2 Å². The molecule has 11 heteroatoms. The highest BCUT2D eigenvalue weighted by atomic mass is 35.5. The second kappa shape index (κ2) is 15.4. The van der Waals surface area contributed by atoms with E-state index in [1.807, 2.05) is 76.9 Å². The molecule has 8 atom stereocenters. The molecule has 4 bridgehead atoms. The Kier molecular flexibility index (Phi) is 12.3. The van der Waals surface area contributed by atoms with E-state index < -0.39 is 47.8 Å². The zero-order chi connectivity index (χ0) is 37.3. The largest absolute Gasteiger partial charge is 0.476 e. The molecule has 1 aromatic carbocycles. The van der Waals surface area contributed by atoms with Crippen LogP contribution in [0.1, 0.15) is 85.3 Å². The number of fused-ring (bicyclic) bond motifs is 5. The maximum atomic E-state index is 14.1. The number of epoxide rings is 1. The minimum atomic E-state index is -1.52. The molecule has 50 heavy (non-hydrogen) atoms. The number of nitrogens with one attached hydrogen (secondary N) is 1. The second-order valence-corrected chi connectivity index (χ2v) is 15.3. The summed E-state index contributed by atoms with van der Waals surface area (Å²) in [5, 5.41) is 15.4. The predicted octanol–water partition coefficient (Wildman–Crippen LogP) is 6.22. The van der Waals surface area contributed by atoms with Crippen molar-refractivity contribution in [3.63, 3.8) is 0 Å². The van der Waals surface area contributed by atoms with E-state index in [0.717, 1.165) is 29.5 Å². The van der Waals surface area contributed by atoms with Crippen LogP contribution < -0.4 is 10.2 Å². The van der Waals surface area contributed by atoms with Gasteiger partial charge in [0.15, 0.2) is 11.6 Å². The average molecular weight is 716 g/mol. The van der Waals surface area contributed by atoms with E-state index in [1.54, 1.807) is 19.1 Å². The fraction of sp³-hybridized carbons (Fsp3) is 0.641. The Hall–Kier alpha value is -2.89. The van der Waals surface area contributed by atoms with Crippen LogP contribution in [0.25, 0.3) is 0 Å². The lowest BCUT2D eigenvalue weighted by Gasteiger charge is -2.44. The lowest BCUT2D eigenvalue weighted by molar-refractivity contribution is -0.161. The summed E-state index contributed by atoms with van der Waals surface area (Å²) in [6.07, 6.45) is 5.38. The maximum Gasteiger partial charge on any atom is 0.323 e. The number of carbonyl (C=O) groups is 2. The number of benzene rings is 1. The van der Waals surface area contributed by atoms with Crippen LogP contribution in [-0.4, -0.2) is 90.4 Å². The Morgan fingerprint density at radius 3 is 2.58 bits per heavy atom. The van der Waals surface area contributed by atoms with E-state index >= 15 is 0 Å². The maximum absolute atomic E-state index is 14.1. The van der Waals surface area contributed by atoms with Gasteiger partial charge in [-0.25, -0.2) is 0 Å². The van der Waals surface area contributed by atoms with Gasteiger partial charge in [0.25, 0.3) is 0 Å². The third-order valence-corrected chi connectivity index (χ3v) is 12.1. The van der Waals surface area contributed by atoms with Gasteiger partial charge in [-0.2, -0.15) is 0 Å². The Morgan fingerprint density at radius 2 is 1.96 bits per heavy atom. The molecule has 0 aromatic heterocycles. The van der Waals surface area contributed by atoms with E-state index in [2.05, 4.69) is 32.7 Å². The molecule has 2 N–H and O–H groups in total. The van der Waals surface area contributed by atoms with E-state index in [1.165, 1.54) is 0 Å². The van der Waals surface area contributed by atoms with Crippen molar-refractivity contribution in [1.82, 2.24) is 10.2 Å². The molecule has 0 saturated carbocycles. The molecule has 0 radical (unpaired) electrons. The number of carbonyl (C=O) groups excluding carboxylic acids is 2. The van der Waals surface area contributed by atoms with Crippen LogP contribution in [0.4, 0.5) is 5.69 Å². The zero-order valence-corrected chi connectivity index (χ0v) is 32.5. The Labute approximate surface area is 303 Å².